The molecule has 3 aromatic rings. The number of aromatic nitrogens is 3. The van der Waals surface area contributed by atoms with E-state index in [2.05, 4.69) is 20.9 Å². The number of fused-ring (bicyclic) bond motifs is 1. The Hall–Kier alpha value is -3.82. The predicted octanol–water partition coefficient (Wildman–Crippen LogP) is 3.28. The van der Waals surface area contributed by atoms with Crippen molar-refractivity contribution in [2.45, 2.75) is 40.7 Å². The van der Waals surface area contributed by atoms with Gasteiger partial charge in [0, 0.05) is 23.2 Å². The molecule has 176 valence electrons. The lowest BCUT2D eigenvalue weighted by molar-refractivity contribution is 0.0846. The second kappa shape index (κ2) is 10.7. The van der Waals surface area contributed by atoms with Crippen LogP contribution in [0.15, 0.2) is 30.6 Å². The smallest absolute Gasteiger partial charge is 0.271 e. The number of hydrazine groups is 1. The van der Waals surface area contributed by atoms with Crippen LogP contribution in [0.25, 0.3) is 11.0 Å². The molecule has 0 bridgehead atoms. The Labute approximate surface area is 192 Å². The number of nitrogens with one attached hydrogen (secondary N) is 2. The Morgan fingerprint density at radius 1 is 0.879 bits per heavy atom. The first-order valence-corrected chi connectivity index (χ1v) is 10.9. The highest BCUT2D eigenvalue weighted by atomic mass is 16.5. The number of rotatable bonds is 9. The fourth-order valence-electron chi connectivity index (χ4n) is 3.22. The van der Waals surface area contributed by atoms with E-state index in [4.69, 9.17) is 14.2 Å². The number of hydrogen-bond acceptors (Lipinski definition) is 7. The average Bonchev–Trinajstić information content (AvgIpc) is 3.23. The van der Waals surface area contributed by atoms with Crippen molar-refractivity contribution in [2.75, 3.05) is 19.8 Å². The van der Waals surface area contributed by atoms with Gasteiger partial charge in [-0.15, -0.1) is 0 Å². The molecule has 0 atom stereocenters. The lowest BCUT2D eigenvalue weighted by Crippen LogP contribution is -2.41. The summed E-state index contributed by atoms with van der Waals surface area (Å²) in [6.45, 7) is 10.7. The molecule has 0 spiro atoms. The zero-order chi connectivity index (χ0) is 24.0. The van der Waals surface area contributed by atoms with E-state index in [-0.39, 0.29) is 11.6 Å². The average molecular weight is 456 g/mol. The molecule has 0 radical (unpaired) electrons. The van der Waals surface area contributed by atoms with E-state index in [1.165, 1.54) is 6.20 Å². The van der Waals surface area contributed by atoms with Gasteiger partial charge in [0.25, 0.3) is 11.8 Å². The van der Waals surface area contributed by atoms with E-state index in [0.29, 0.717) is 48.3 Å². The summed E-state index contributed by atoms with van der Waals surface area (Å²) >= 11 is 0. The maximum Gasteiger partial charge on any atom is 0.271 e. The molecule has 0 unspecified atom stereocenters. The summed E-state index contributed by atoms with van der Waals surface area (Å²) in [7, 11) is 0. The molecular weight excluding hydrogens is 426 g/mol. The monoisotopic (exact) mass is 455 g/mol. The summed E-state index contributed by atoms with van der Waals surface area (Å²) in [6.07, 6.45) is 3.10. The van der Waals surface area contributed by atoms with Crippen molar-refractivity contribution in [1.82, 2.24) is 25.6 Å². The molecule has 0 aliphatic carbocycles. The van der Waals surface area contributed by atoms with E-state index >= 15 is 0 Å². The highest BCUT2D eigenvalue weighted by Gasteiger charge is 2.19. The summed E-state index contributed by atoms with van der Waals surface area (Å²) < 4.78 is 18.7. The Morgan fingerprint density at radius 2 is 1.45 bits per heavy atom. The van der Waals surface area contributed by atoms with Gasteiger partial charge in [-0.05, 0) is 52.8 Å². The molecule has 2 amide bonds. The molecule has 0 aliphatic heterocycles. The minimum Gasteiger partial charge on any atom is -0.490 e. The second-order valence-corrected chi connectivity index (χ2v) is 7.33. The molecule has 0 saturated heterocycles. The van der Waals surface area contributed by atoms with E-state index < -0.39 is 11.8 Å². The lowest BCUT2D eigenvalue weighted by Gasteiger charge is -2.17. The van der Waals surface area contributed by atoms with Crippen LogP contribution in [0.3, 0.4) is 0 Å². The molecule has 0 aliphatic rings. The number of nitrogens with zero attached hydrogens (tertiary/aromatic N) is 3. The minimum absolute atomic E-state index is 0.145. The van der Waals surface area contributed by atoms with Crippen molar-refractivity contribution in [3.05, 3.63) is 41.7 Å². The third-order valence-corrected chi connectivity index (χ3v) is 4.65. The molecular formula is C23H29N5O5. The van der Waals surface area contributed by atoms with Crippen LogP contribution in [0.2, 0.25) is 0 Å². The molecule has 0 fully saturated rings. The maximum atomic E-state index is 12.7. The molecule has 10 heteroatoms. The van der Waals surface area contributed by atoms with E-state index in [9.17, 15) is 9.59 Å². The quantitative estimate of drug-likeness (QED) is 0.476. The molecule has 2 N–H and O–H groups in total. The Morgan fingerprint density at radius 3 is 2.00 bits per heavy atom. The normalized spacial score (nSPS) is 10.8. The SMILES string of the molecule is CCOc1cc(C(=O)NNC(=O)c2cnc3c(cnn3C(C)C)c2)cc(OCC)c1OCC. The van der Waals surface area contributed by atoms with E-state index in [1.54, 1.807) is 29.1 Å². The molecule has 2 heterocycles. The third-order valence-electron chi connectivity index (χ3n) is 4.65. The Balaban J connectivity index is 1.76. The van der Waals surface area contributed by atoms with Gasteiger partial charge in [-0.1, -0.05) is 0 Å². The maximum absolute atomic E-state index is 12.7. The Kier molecular flexibility index (Phi) is 7.70. The van der Waals surface area contributed by atoms with Crippen LogP contribution in [-0.4, -0.2) is 46.4 Å². The fraction of sp³-hybridized carbons (Fsp3) is 0.391. The first kappa shape index (κ1) is 23.8. The zero-order valence-corrected chi connectivity index (χ0v) is 19.5. The minimum atomic E-state index is -0.532. The van der Waals surface area contributed by atoms with Crippen molar-refractivity contribution in [1.29, 1.82) is 0 Å². The lowest BCUT2D eigenvalue weighted by atomic mass is 10.1. The van der Waals surface area contributed by atoms with Crippen molar-refractivity contribution in [3.63, 3.8) is 0 Å². The Bertz CT molecular complexity index is 1110. The summed E-state index contributed by atoms with van der Waals surface area (Å²) in [6, 6.07) is 4.91. The van der Waals surface area contributed by atoms with Crippen molar-refractivity contribution < 1.29 is 23.8 Å². The standard InChI is InChI=1S/C23H29N5O5/c1-6-31-18-10-15(11-19(32-7-2)20(18)33-8-3)22(29)26-27-23(30)17-9-16-13-25-28(14(4)5)21(16)24-12-17/h9-14H,6-8H2,1-5H3,(H,26,29)(H,27,30). The van der Waals surface area contributed by atoms with E-state index in [1.807, 2.05) is 34.6 Å². The van der Waals surface area contributed by atoms with Crippen molar-refractivity contribution in [2.24, 2.45) is 0 Å². The fourth-order valence-corrected chi connectivity index (χ4v) is 3.22. The number of ether oxygens (including phenoxy) is 3. The van der Waals surface area contributed by atoms with Crippen LogP contribution in [0, 0.1) is 0 Å². The van der Waals surface area contributed by atoms with Crippen molar-refractivity contribution >= 4 is 22.8 Å². The summed E-state index contributed by atoms with van der Waals surface area (Å²) in [5.41, 5.74) is 6.06. The molecule has 3 rings (SSSR count). The van der Waals surface area contributed by atoms with Crippen LogP contribution >= 0.6 is 0 Å². The summed E-state index contributed by atoms with van der Waals surface area (Å²) in [5, 5.41) is 5.03. The van der Waals surface area contributed by atoms with Crippen LogP contribution in [-0.2, 0) is 0 Å². The van der Waals surface area contributed by atoms with Gasteiger partial charge in [-0.2, -0.15) is 5.10 Å². The number of benzene rings is 1. The number of pyridine rings is 1. The molecule has 33 heavy (non-hydrogen) atoms. The van der Waals surface area contributed by atoms with Gasteiger partial charge in [-0.3, -0.25) is 20.4 Å². The molecule has 2 aromatic heterocycles. The molecule has 1 aromatic carbocycles. The molecule has 10 nitrogen and oxygen atoms in total. The van der Waals surface area contributed by atoms with Gasteiger partial charge in [-0.25, -0.2) is 9.67 Å². The topological polar surface area (TPSA) is 117 Å². The molecule has 0 saturated carbocycles. The van der Waals surface area contributed by atoms with Gasteiger partial charge in [0.15, 0.2) is 17.1 Å². The van der Waals surface area contributed by atoms with Crippen LogP contribution in [0.4, 0.5) is 0 Å². The third kappa shape index (κ3) is 5.33. The number of hydrogen-bond donors (Lipinski definition) is 2. The van der Waals surface area contributed by atoms with Gasteiger partial charge in [0.05, 0.1) is 31.6 Å². The number of carbonyl (C=O) groups is 2. The van der Waals surface area contributed by atoms with Gasteiger partial charge in [0.2, 0.25) is 5.75 Å². The largest absolute Gasteiger partial charge is 0.490 e. The van der Waals surface area contributed by atoms with E-state index in [0.717, 1.165) is 5.39 Å². The van der Waals surface area contributed by atoms with Crippen LogP contribution < -0.4 is 25.1 Å². The number of carbonyl (C=O) groups excluding carboxylic acids is 2. The van der Waals surface area contributed by atoms with Gasteiger partial charge in [0.1, 0.15) is 0 Å². The summed E-state index contributed by atoms with van der Waals surface area (Å²) in [4.78, 5) is 29.7. The highest BCUT2D eigenvalue weighted by Crippen LogP contribution is 2.39. The van der Waals surface area contributed by atoms with Crippen molar-refractivity contribution in [3.8, 4) is 17.2 Å². The number of amides is 2. The van der Waals surface area contributed by atoms with Crippen LogP contribution in [0.1, 0.15) is 61.4 Å². The van der Waals surface area contributed by atoms with Crippen LogP contribution in [0.5, 0.6) is 17.2 Å². The second-order valence-electron chi connectivity index (χ2n) is 7.33. The van der Waals surface area contributed by atoms with Gasteiger partial charge >= 0.3 is 0 Å². The highest BCUT2D eigenvalue weighted by molar-refractivity contribution is 6.00. The van der Waals surface area contributed by atoms with Gasteiger partial charge < -0.3 is 14.2 Å². The first-order chi connectivity index (χ1) is 15.9. The first-order valence-electron chi connectivity index (χ1n) is 10.9. The predicted molar refractivity (Wildman–Crippen MR) is 123 cm³/mol. The summed E-state index contributed by atoms with van der Waals surface area (Å²) in [5.74, 6) is 0.173. The zero-order valence-electron chi connectivity index (χ0n) is 19.5.